The van der Waals surface area contributed by atoms with E-state index in [2.05, 4.69) is 14.8 Å². The summed E-state index contributed by atoms with van der Waals surface area (Å²) in [7, 11) is 1.08. The fourth-order valence-corrected chi connectivity index (χ4v) is 2.81. The Morgan fingerprint density at radius 1 is 0.938 bits per heavy atom. The average molecular weight is 445 g/mol. The van der Waals surface area contributed by atoms with Crippen molar-refractivity contribution >= 4 is 17.6 Å². The number of hydrogen-bond donors (Lipinski definition) is 1. The number of methoxy groups -OCH3 is 1. The molecule has 6 nitrogen and oxygen atoms in total. The van der Waals surface area contributed by atoms with E-state index in [0.29, 0.717) is 16.9 Å². The van der Waals surface area contributed by atoms with Gasteiger partial charge in [0.2, 0.25) is 0 Å². The van der Waals surface area contributed by atoms with E-state index in [9.17, 15) is 22.8 Å². The van der Waals surface area contributed by atoms with E-state index in [-0.39, 0.29) is 18.0 Å². The highest BCUT2D eigenvalue weighted by Crippen LogP contribution is 2.35. The van der Waals surface area contributed by atoms with E-state index in [1.807, 2.05) is 30.3 Å². The number of carbonyl (C=O) groups is 2. The normalized spacial score (nSPS) is 10.9. The van der Waals surface area contributed by atoms with Gasteiger partial charge in [0.15, 0.2) is 0 Å². The van der Waals surface area contributed by atoms with Crippen molar-refractivity contribution < 1.29 is 37.0 Å². The topological polar surface area (TPSA) is 73.9 Å². The SMILES string of the molecule is COC(=O)C(=O)Nc1ccc(OCc2ccccc2)c(-c2ccc(OC(F)(F)F)cc2)c1. The third-order valence-electron chi connectivity index (χ3n) is 4.24. The van der Waals surface area contributed by atoms with Gasteiger partial charge in [0.25, 0.3) is 0 Å². The molecule has 32 heavy (non-hydrogen) atoms. The molecule has 0 unspecified atom stereocenters. The quantitative estimate of drug-likeness (QED) is 0.430. The van der Waals surface area contributed by atoms with Gasteiger partial charge in [0, 0.05) is 11.3 Å². The summed E-state index contributed by atoms with van der Waals surface area (Å²) in [6.45, 7) is 0.247. The van der Waals surface area contributed by atoms with Gasteiger partial charge in [-0.3, -0.25) is 4.79 Å². The second kappa shape index (κ2) is 9.86. The maximum absolute atomic E-state index is 12.4. The first-order chi connectivity index (χ1) is 15.2. The molecule has 3 aromatic rings. The smallest absolute Gasteiger partial charge is 0.488 e. The van der Waals surface area contributed by atoms with Crippen molar-refractivity contribution in [2.45, 2.75) is 13.0 Å². The lowest BCUT2D eigenvalue weighted by Crippen LogP contribution is -2.23. The average Bonchev–Trinajstić information content (AvgIpc) is 2.77. The van der Waals surface area contributed by atoms with Gasteiger partial charge in [0.05, 0.1) is 7.11 Å². The first-order valence-electron chi connectivity index (χ1n) is 9.31. The van der Waals surface area contributed by atoms with Crippen LogP contribution in [0.3, 0.4) is 0 Å². The van der Waals surface area contributed by atoms with Crippen LogP contribution in [-0.2, 0) is 20.9 Å². The van der Waals surface area contributed by atoms with Gasteiger partial charge < -0.3 is 19.5 Å². The van der Waals surface area contributed by atoms with Gasteiger partial charge in [-0.15, -0.1) is 13.2 Å². The van der Waals surface area contributed by atoms with Crippen LogP contribution < -0.4 is 14.8 Å². The highest BCUT2D eigenvalue weighted by Gasteiger charge is 2.31. The zero-order chi connectivity index (χ0) is 23.1. The Morgan fingerprint density at radius 3 is 2.25 bits per heavy atom. The Labute approximate surface area is 181 Å². The maximum Gasteiger partial charge on any atom is 0.573 e. The minimum atomic E-state index is -4.80. The maximum atomic E-state index is 12.4. The molecule has 166 valence electrons. The summed E-state index contributed by atoms with van der Waals surface area (Å²) >= 11 is 0. The lowest BCUT2D eigenvalue weighted by Gasteiger charge is -2.15. The second-order valence-electron chi connectivity index (χ2n) is 6.50. The van der Waals surface area contributed by atoms with Crippen LogP contribution in [0, 0.1) is 0 Å². The lowest BCUT2D eigenvalue weighted by atomic mass is 10.0. The number of amides is 1. The molecule has 9 heteroatoms. The number of anilines is 1. The van der Waals surface area contributed by atoms with Crippen molar-refractivity contribution in [2.75, 3.05) is 12.4 Å². The predicted molar refractivity (Wildman–Crippen MR) is 110 cm³/mol. The molecule has 0 atom stereocenters. The van der Waals surface area contributed by atoms with Crippen LogP contribution in [0.1, 0.15) is 5.56 Å². The summed E-state index contributed by atoms with van der Waals surface area (Å²) in [5, 5.41) is 2.40. The van der Waals surface area contributed by atoms with Crippen molar-refractivity contribution in [1.29, 1.82) is 0 Å². The molecule has 0 aromatic heterocycles. The van der Waals surface area contributed by atoms with Crippen molar-refractivity contribution in [3.63, 3.8) is 0 Å². The van der Waals surface area contributed by atoms with Crippen molar-refractivity contribution in [2.24, 2.45) is 0 Å². The van der Waals surface area contributed by atoms with Crippen LogP contribution in [0.15, 0.2) is 72.8 Å². The second-order valence-corrected chi connectivity index (χ2v) is 6.50. The van der Waals surface area contributed by atoms with Gasteiger partial charge in [-0.1, -0.05) is 42.5 Å². The van der Waals surface area contributed by atoms with Crippen molar-refractivity contribution in [1.82, 2.24) is 0 Å². The minimum absolute atomic E-state index is 0.247. The number of halogens is 3. The third-order valence-corrected chi connectivity index (χ3v) is 4.24. The first kappa shape index (κ1) is 22.7. The number of nitrogens with one attached hydrogen (secondary N) is 1. The highest BCUT2D eigenvalue weighted by molar-refractivity contribution is 6.37. The van der Waals surface area contributed by atoms with E-state index in [4.69, 9.17) is 4.74 Å². The summed E-state index contributed by atoms with van der Waals surface area (Å²) in [5.74, 6) is -1.98. The van der Waals surface area contributed by atoms with E-state index in [1.165, 1.54) is 30.3 Å². The number of esters is 1. The molecule has 0 heterocycles. The molecule has 0 radical (unpaired) electrons. The monoisotopic (exact) mass is 445 g/mol. The zero-order valence-electron chi connectivity index (χ0n) is 16.8. The number of ether oxygens (including phenoxy) is 3. The Hall–Kier alpha value is -4.01. The summed E-state index contributed by atoms with van der Waals surface area (Å²) in [5.41, 5.74) is 2.19. The van der Waals surface area contributed by atoms with Crippen molar-refractivity contribution in [3.8, 4) is 22.6 Å². The van der Waals surface area contributed by atoms with Gasteiger partial charge in [-0.05, 0) is 41.5 Å². The fraction of sp³-hybridized carbons (Fsp3) is 0.130. The molecule has 0 fully saturated rings. The number of benzene rings is 3. The van der Waals surface area contributed by atoms with Gasteiger partial charge in [-0.25, -0.2) is 4.79 Å². The highest BCUT2D eigenvalue weighted by atomic mass is 19.4. The molecule has 1 amide bonds. The van der Waals surface area contributed by atoms with E-state index >= 15 is 0 Å². The molecule has 0 spiro atoms. The number of hydrogen-bond acceptors (Lipinski definition) is 5. The van der Waals surface area contributed by atoms with Crippen LogP contribution in [0.5, 0.6) is 11.5 Å². The van der Waals surface area contributed by atoms with Crippen molar-refractivity contribution in [3.05, 3.63) is 78.4 Å². The van der Waals surface area contributed by atoms with Crippen LogP contribution in [0.2, 0.25) is 0 Å². The Kier molecular flexibility index (Phi) is 6.99. The summed E-state index contributed by atoms with van der Waals surface area (Å²) in [6, 6.07) is 19.2. The van der Waals surface area contributed by atoms with Gasteiger partial charge >= 0.3 is 18.2 Å². The van der Waals surface area contributed by atoms with Crippen LogP contribution >= 0.6 is 0 Å². The number of carbonyl (C=O) groups excluding carboxylic acids is 2. The predicted octanol–water partition coefficient (Wildman–Crippen LogP) is 4.94. The molecule has 0 saturated carbocycles. The molecule has 1 N–H and O–H groups in total. The van der Waals surface area contributed by atoms with Gasteiger partial charge in [-0.2, -0.15) is 0 Å². The Morgan fingerprint density at radius 2 is 1.62 bits per heavy atom. The summed E-state index contributed by atoms with van der Waals surface area (Å²) in [4.78, 5) is 23.2. The zero-order valence-corrected chi connectivity index (χ0v) is 16.8. The van der Waals surface area contributed by atoms with Gasteiger partial charge in [0.1, 0.15) is 18.1 Å². The summed E-state index contributed by atoms with van der Waals surface area (Å²) in [6.07, 6.45) is -4.80. The van der Waals surface area contributed by atoms with Crippen LogP contribution in [-0.4, -0.2) is 25.3 Å². The molecule has 3 rings (SSSR count). The van der Waals surface area contributed by atoms with E-state index < -0.39 is 18.2 Å². The first-order valence-corrected chi connectivity index (χ1v) is 9.31. The summed E-state index contributed by atoms with van der Waals surface area (Å²) < 4.78 is 51.5. The molecule has 0 saturated heterocycles. The molecule has 0 aliphatic carbocycles. The molecule has 0 aliphatic heterocycles. The molecule has 0 aliphatic rings. The standard InChI is InChI=1S/C23H18F3NO5/c1-30-22(29)21(28)27-17-9-12-20(31-14-15-5-3-2-4-6-15)19(13-17)16-7-10-18(11-8-16)32-23(24,25)26/h2-13H,14H2,1H3,(H,27,28). The molecular weight excluding hydrogens is 427 g/mol. The largest absolute Gasteiger partial charge is 0.573 e. The van der Waals surface area contributed by atoms with Crippen LogP contribution in [0.4, 0.5) is 18.9 Å². The third kappa shape index (κ3) is 6.24. The number of alkyl halides is 3. The number of rotatable bonds is 6. The Balaban J connectivity index is 1.90. The Bertz CT molecular complexity index is 1080. The fourth-order valence-electron chi connectivity index (χ4n) is 2.81. The molecular formula is C23H18F3NO5. The van der Waals surface area contributed by atoms with Crippen LogP contribution in [0.25, 0.3) is 11.1 Å². The van der Waals surface area contributed by atoms with E-state index in [0.717, 1.165) is 12.7 Å². The minimum Gasteiger partial charge on any atom is -0.488 e. The lowest BCUT2D eigenvalue weighted by molar-refractivity contribution is -0.274. The molecule has 0 bridgehead atoms. The van der Waals surface area contributed by atoms with E-state index in [1.54, 1.807) is 12.1 Å². The molecule has 3 aromatic carbocycles.